The van der Waals surface area contributed by atoms with E-state index >= 15 is 0 Å². The maximum Gasteiger partial charge on any atom is 0.0991 e. The maximum absolute atomic E-state index is 7.83. The molecule has 0 rings (SSSR count). The minimum Gasteiger partial charge on any atom is -0.379 e. The molecule has 0 aromatic rings. The fourth-order valence-corrected chi connectivity index (χ4v) is 0. The minimum absolute atomic E-state index is 0. The van der Waals surface area contributed by atoms with E-state index in [1.165, 1.54) is 6.92 Å². The first-order valence-electron chi connectivity index (χ1n) is 1.17. The molecule has 0 amide bonds. The van der Waals surface area contributed by atoms with Crippen LogP contribution in [0.1, 0.15) is 6.92 Å². The molecule has 0 aromatic carbocycles. The minimum atomic E-state index is -0.667. The highest BCUT2D eigenvalue weighted by atomic mass is 19.0. The van der Waals surface area contributed by atoms with Crippen LogP contribution in [0.3, 0.4) is 0 Å². The standard InChI is InChI=1S/C2H7NO.FH/c1-2(3)4;/h2,4H,3H2,1H3;1H. The van der Waals surface area contributed by atoms with Gasteiger partial charge in [0.05, 0.1) is 6.23 Å². The third-order valence-electron chi connectivity index (χ3n) is 0. The predicted octanol–water partition coefficient (Wildman–Crippen LogP) is -0.564. The Balaban J connectivity index is 0. The van der Waals surface area contributed by atoms with Gasteiger partial charge in [-0.2, -0.15) is 0 Å². The monoisotopic (exact) mass is 81.1 g/mol. The molecule has 0 bridgehead atoms. The molecule has 3 N–H and O–H groups in total. The molecule has 34 valence electrons. The van der Waals surface area contributed by atoms with Gasteiger partial charge in [0.25, 0.3) is 0 Å². The predicted molar refractivity (Wildman–Crippen MR) is 18.4 cm³/mol. The summed E-state index contributed by atoms with van der Waals surface area (Å²) in [5.41, 5.74) is 4.67. The molecule has 0 aliphatic heterocycles. The van der Waals surface area contributed by atoms with E-state index in [2.05, 4.69) is 5.73 Å². The van der Waals surface area contributed by atoms with Gasteiger partial charge in [0.1, 0.15) is 0 Å². The zero-order valence-electron chi connectivity index (χ0n) is 3.01. The number of aliphatic hydroxyl groups is 1. The van der Waals surface area contributed by atoms with E-state index in [1.807, 2.05) is 0 Å². The summed E-state index contributed by atoms with van der Waals surface area (Å²) >= 11 is 0. The summed E-state index contributed by atoms with van der Waals surface area (Å²) in [6.07, 6.45) is -0.667. The van der Waals surface area contributed by atoms with Crippen LogP contribution >= 0.6 is 0 Å². The van der Waals surface area contributed by atoms with Crippen molar-refractivity contribution in [3.63, 3.8) is 0 Å². The van der Waals surface area contributed by atoms with Crippen LogP contribution in [0.5, 0.6) is 0 Å². The smallest absolute Gasteiger partial charge is 0.0991 e. The molecular formula is C2H8FNO. The topological polar surface area (TPSA) is 46.2 Å². The van der Waals surface area contributed by atoms with Crippen molar-refractivity contribution in [1.82, 2.24) is 0 Å². The van der Waals surface area contributed by atoms with E-state index in [9.17, 15) is 0 Å². The average molecular weight is 81.1 g/mol. The van der Waals surface area contributed by atoms with E-state index in [4.69, 9.17) is 5.11 Å². The van der Waals surface area contributed by atoms with Gasteiger partial charge in [0, 0.05) is 0 Å². The first-order valence-corrected chi connectivity index (χ1v) is 1.17. The average Bonchev–Trinajstić information content (AvgIpc) is 0.811. The van der Waals surface area contributed by atoms with Crippen LogP contribution in [-0.2, 0) is 0 Å². The van der Waals surface area contributed by atoms with Crippen molar-refractivity contribution in [2.24, 2.45) is 5.73 Å². The van der Waals surface area contributed by atoms with Gasteiger partial charge in [-0.15, -0.1) is 0 Å². The Hall–Kier alpha value is -0.150. The summed E-state index contributed by atoms with van der Waals surface area (Å²) in [5, 5.41) is 7.83. The Labute approximate surface area is 30.0 Å². The first kappa shape index (κ1) is 8.85. The second kappa shape index (κ2) is 3.85. The van der Waals surface area contributed by atoms with Gasteiger partial charge in [-0.1, -0.05) is 0 Å². The van der Waals surface area contributed by atoms with Crippen LogP contribution in [0.15, 0.2) is 0 Å². The fourth-order valence-electron chi connectivity index (χ4n) is 0. The van der Waals surface area contributed by atoms with Crippen LogP contribution < -0.4 is 5.73 Å². The summed E-state index contributed by atoms with van der Waals surface area (Å²) < 4.78 is 0. The third-order valence-corrected chi connectivity index (χ3v) is 0. The molecule has 1 unspecified atom stereocenters. The van der Waals surface area contributed by atoms with Gasteiger partial charge in [-0.3, -0.25) is 4.70 Å². The fraction of sp³-hybridized carbons (Fsp3) is 1.00. The lowest BCUT2D eigenvalue weighted by Crippen LogP contribution is -2.11. The van der Waals surface area contributed by atoms with Gasteiger partial charge in [-0.25, -0.2) is 0 Å². The maximum atomic E-state index is 7.83. The molecule has 0 spiro atoms. The zero-order valence-corrected chi connectivity index (χ0v) is 3.01. The Morgan fingerprint density at radius 3 is 1.80 bits per heavy atom. The van der Waals surface area contributed by atoms with Gasteiger partial charge in [0.15, 0.2) is 0 Å². The molecule has 3 heteroatoms. The van der Waals surface area contributed by atoms with Gasteiger partial charge in [0.2, 0.25) is 0 Å². The highest BCUT2D eigenvalue weighted by Crippen LogP contribution is 1.50. The lowest BCUT2D eigenvalue weighted by Gasteiger charge is -1.82. The highest BCUT2D eigenvalue weighted by Gasteiger charge is 1.68. The lowest BCUT2D eigenvalue weighted by atomic mass is 10.7. The molecule has 0 aromatic heterocycles. The molecule has 0 saturated carbocycles. The van der Waals surface area contributed by atoms with E-state index < -0.39 is 6.23 Å². The molecule has 0 fully saturated rings. The van der Waals surface area contributed by atoms with Crippen molar-refractivity contribution in [3.8, 4) is 0 Å². The highest BCUT2D eigenvalue weighted by molar-refractivity contribution is 4.16. The summed E-state index contributed by atoms with van der Waals surface area (Å²) in [4.78, 5) is 0. The second-order valence-electron chi connectivity index (χ2n) is 0.741. The molecule has 0 heterocycles. The van der Waals surface area contributed by atoms with Gasteiger partial charge >= 0.3 is 0 Å². The van der Waals surface area contributed by atoms with Crippen LogP contribution in [0.2, 0.25) is 0 Å². The van der Waals surface area contributed by atoms with E-state index in [1.54, 1.807) is 0 Å². The van der Waals surface area contributed by atoms with Crippen molar-refractivity contribution < 1.29 is 9.81 Å². The van der Waals surface area contributed by atoms with Crippen molar-refractivity contribution in [1.29, 1.82) is 0 Å². The number of rotatable bonds is 0. The SMILES string of the molecule is CC(N)O.F. The second-order valence-corrected chi connectivity index (χ2v) is 0.741. The van der Waals surface area contributed by atoms with E-state index in [-0.39, 0.29) is 4.70 Å². The van der Waals surface area contributed by atoms with Crippen LogP contribution in [0.25, 0.3) is 0 Å². The van der Waals surface area contributed by atoms with Crippen molar-refractivity contribution in [3.05, 3.63) is 0 Å². The van der Waals surface area contributed by atoms with Crippen molar-refractivity contribution in [2.45, 2.75) is 13.2 Å². The molecule has 5 heavy (non-hydrogen) atoms. The number of halogens is 1. The first-order chi connectivity index (χ1) is 1.73. The summed E-state index contributed by atoms with van der Waals surface area (Å²) in [7, 11) is 0. The molecule has 0 radical (unpaired) electrons. The molecule has 0 aliphatic carbocycles. The van der Waals surface area contributed by atoms with Crippen molar-refractivity contribution in [2.75, 3.05) is 0 Å². The Kier molecular flexibility index (Phi) is 6.81. The third kappa shape index (κ3) is 586. The molecule has 0 aliphatic rings. The molecule has 1 atom stereocenters. The summed E-state index contributed by atoms with van der Waals surface area (Å²) in [5.74, 6) is 0. The van der Waals surface area contributed by atoms with Gasteiger partial charge < -0.3 is 10.8 Å². The Morgan fingerprint density at radius 1 is 1.80 bits per heavy atom. The van der Waals surface area contributed by atoms with Crippen LogP contribution in [-0.4, -0.2) is 11.3 Å². The molecule has 2 nitrogen and oxygen atoms in total. The number of nitrogens with two attached hydrogens (primary N) is 1. The van der Waals surface area contributed by atoms with E-state index in [0.717, 1.165) is 0 Å². The Morgan fingerprint density at radius 2 is 1.80 bits per heavy atom. The number of hydrogen-bond acceptors (Lipinski definition) is 2. The molecule has 0 saturated heterocycles. The zero-order chi connectivity index (χ0) is 3.58. The quantitative estimate of drug-likeness (QED) is 0.384. The van der Waals surface area contributed by atoms with E-state index in [0.29, 0.717) is 0 Å². The Bertz CT molecular complexity index is 14.4. The number of hydrogen-bond donors (Lipinski definition) is 2. The van der Waals surface area contributed by atoms with Crippen LogP contribution in [0, 0.1) is 0 Å². The van der Waals surface area contributed by atoms with Crippen molar-refractivity contribution >= 4 is 0 Å². The summed E-state index contributed by atoms with van der Waals surface area (Å²) in [6, 6.07) is 0. The molecular weight excluding hydrogens is 73.0 g/mol. The number of aliphatic hydroxyl groups excluding tert-OH is 1. The largest absolute Gasteiger partial charge is 0.379 e. The summed E-state index contributed by atoms with van der Waals surface area (Å²) in [6.45, 7) is 1.50. The van der Waals surface area contributed by atoms with Crippen LogP contribution in [0.4, 0.5) is 4.70 Å². The van der Waals surface area contributed by atoms with Gasteiger partial charge in [-0.05, 0) is 6.92 Å². The normalized spacial score (nSPS) is 12.6. The lowest BCUT2D eigenvalue weighted by molar-refractivity contribution is 0.203.